The van der Waals surface area contributed by atoms with Crippen molar-refractivity contribution in [3.05, 3.63) is 97.1 Å². The minimum atomic E-state index is -1.44. The molecule has 134 valence electrons. The van der Waals surface area contributed by atoms with E-state index in [2.05, 4.69) is 67.2 Å². The van der Waals surface area contributed by atoms with Crippen molar-refractivity contribution in [2.24, 2.45) is 0 Å². The van der Waals surface area contributed by atoms with Gasteiger partial charge in [-0.1, -0.05) is 84.9 Å². The van der Waals surface area contributed by atoms with Crippen LogP contribution in [-0.4, -0.2) is 4.89 Å². The summed E-state index contributed by atoms with van der Waals surface area (Å²) in [5, 5.41) is 6.79. The highest BCUT2D eigenvalue weighted by Crippen LogP contribution is 2.36. The van der Waals surface area contributed by atoms with Crippen LogP contribution in [-0.2, 0) is 6.42 Å². The quantitative estimate of drug-likeness (QED) is 0.257. The Hall–Kier alpha value is -2.47. The van der Waals surface area contributed by atoms with Gasteiger partial charge in [-0.15, -0.1) is 6.58 Å². The molecule has 0 amide bonds. The highest BCUT2D eigenvalue weighted by molar-refractivity contribution is 7.68. The largest absolute Gasteiger partial charge is 0.364 e. The van der Waals surface area contributed by atoms with Gasteiger partial charge in [-0.05, 0) is 46.4 Å². The molecule has 4 aromatic rings. The summed E-state index contributed by atoms with van der Waals surface area (Å²) in [7, 11) is -1.44. The van der Waals surface area contributed by atoms with Gasteiger partial charge < -0.3 is 4.89 Å². The number of benzene rings is 4. The first-order chi connectivity index (χ1) is 13.3. The SMILES string of the molecule is C=CCCCc1ccc2ccccc2c1P(O)c1cccc2ccccc12. The lowest BCUT2D eigenvalue weighted by Gasteiger charge is -2.20. The van der Waals surface area contributed by atoms with E-state index in [0.29, 0.717) is 0 Å². The minimum Gasteiger partial charge on any atom is -0.364 e. The smallest absolute Gasteiger partial charge is 0.0892 e. The van der Waals surface area contributed by atoms with Crippen molar-refractivity contribution >= 4 is 40.3 Å². The molecule has 27 heavy (non-hydrogen) atoms. The molecule has 0 heterocycles. The molecule has 1 unspecified atom stereocenters. The van der Waals surface area contributed by atoms with Crippen LogP contribution in [0.1, 0.15) is 18.4 Å². The van der Waals surface area contributed by atoms with Gasteiger partial charge in [0.2, 0.25) is 0 Å². The second-order valence-corrected chi connectivity index (χ2v) is 8.34. The van der Waals surface area contributed by atoms with Crippen LogP contribution < -0.4 is 10.6 Å². The fourth-order valence-corrected chi connectivity index (χ4v) is 5.49. The molecular formula is C25H23OP. The maximum Gasteiger partial charge on any atom is 0.0892 e. The van der Waals surface area contributed by atoms with Crippen molar-refractivity contribution in [3.8, 4) is 0 Å². The van der Waals surface area contributed by atoms with Crippen LogP contribution in [0.2, 0.25) is 0 Å². The van der Waals surface area contributed by atoms with Crippen molar-refractivity contribution in [2.75, 3.05) is 0 Å². The Morgan fingerprint density at radius 3 is 2.22 bits per heavy atom. The predicted octanol–water partition coefficient (Wildman–Crippen LogP) is 5.84. The topological polar surface area (TPSA) is 20.2 Å². The molecule has 1 N–H and O–H groups in total. The van der Waals surface area contributed by atoms with Crippen molar-refractivity contribution in [1.29, 1.82) is 0 Å². The fraction of sp³-hybridized carbons (Fsp3) is 0.120. The number of allylic oxidation sites excluding steroid dienone is 1. The lowest BCUT2D eigenvalue weighted by Crippen LogP contribution is -2.17. The minimum absolute atomic E-state index is 0.955. The van der Waals surface area contributed by atoms with Crippen LogP contribution in [0.15, 0.2) is 91.5 Å². The zero-order valence-electron chi connectivity index (χ0n) is 15.3. The van der Waals surface area contributed by atoms with Gasteiger partial charge in [0.25, 0.3) is 0 Å². The zero-order valence-corrected chi connectivity index (χ0v) is 16.2. The van der Waals surface area contributed by atoms with Crippen molar-refractivity contribution in [2.45, 2.75) is 19.3 Å². The van der Waals surface area contributed by atoms with E-state index >= 15 is 0 Å². The fourth-order valence-electron chi connectivity index (χ4n) is 3.70. The van der Waals surface area contributed by atoms with Crippen LogP contribution in [0.25, 0.3) is 21.5 Å². The Morgan fingerprint density at radius 1 is 0.778 bits per heavy atom. The lowest BCUT2D eigenvalue weighted by atomic mass is 10.0. The van der Waals surface area contributed by atoms with E-state index in [1.54, 1.807) is 0 Å². The van der Waals surface area contributed by atoms with E-state index in [0.717, 1.165) is 40.6 Å². The summed E-state index contributed by atoms with van der Waals surface area (Å²) in [4.78, 5) is 11.6. The second-order valence-electron chi connectivity index (χ2n) is 6.79. The number of unbranched alkanes of at least 4 members (excludes halogenated alkanes) is 1. The van der Waals surface area contributed by atoms with Gasteiger partial charge in [-0.2, -0.15) is 0 Å². The molecule has 0 fully saturated rings. The summed E-state index contributed by atoms with van der Waals surface area (Å²) in [6, 6.07) is 27.3. The van der Waals surface area contributed by atoms with Crippen molar-refractivity contribution < 1.29 is 4.89 Å². The van der Waals surface area contributed by atoms with Crippen LogP contribution >= 0.6 is 8.15 Å². The summed E-state index contributed by atoms with van der Waals surface area (Å²) < 4.78 is 0. The van der Waals surface area contributed by atoms with Crippen LogP contribution in [0.3, 0.4) is 0 Å². The van der Waals surface area contributed by atoms with Gasteiger partial charge in [-0.3, -0.25) is 0 Å². The third-order valence-corrected chi connectivity index (χ3v) is 6.84. The first-order valence-corrected chi connectivity index (χ1v) is 10.7. The third kappa shape index (κ3) is 3.54. The summed E-state index contributed by atoms with van der Waals surface area (Å²) in [5.74, 6) is 0. The Labute approximate surface area is 161 Å². The zero-order chi connectivity index (χ0) is 18.6. The van der Waals surface area contributed by atoms with E-state index in [9.17, 15) is 4.89 Å². The molecule has 2 heteroatoms. The first kappa shape index (κ1) is 17.9. The molecule has 0 aliphatic carbocycles. The molecule has 0 bridgehead atoms. The van der Waals surface area contributed by atoms with Gasteiger partial charge >= 0.3 is 0 Å². The molecule has 4 rings (SSSR count). The van der Waals surface area contributed by atoms with Gasteiger partial charge in [0.1, 0.15) is 0 Å². The van der Waals surface area contributed by atoms with E-state index in [-0.39, 0.29) is 0 Å². The molecule has 0 saturated carbocycles. The van der Waals surface area contributed by atoms with Gasteiger partial charge in [-0.25, -0.2) is 0 Å². The van der Waals surface area contributed by atoms with Gasteiger partial charge in [0, 0.05) is 10.6 Å². The molecule has 0 aromatic heterocycles. The standard InChI is InChI=1S/C25H23OP/c1-2-3-4-12-21-18-17-20-11-6-8-15-23(20)25(21)27(26)24-16-9-13-19-10-5-7-14-22(19)24/h2,5-11,13-18,26H,1,3-4,12H2. The summed E-state index contributed by atoms with van der Waals surface area (Å²) >= 11 is 0. The highest BCUT2D eigenvalue weighted by Gasteiger charge is 2.20. The molecule has 1 nitrogen and oxygen atoms in total. The molecule has 0 aliphatic rings. The Morgan fingerprint density at radius 2 is 1.44 bits per heavy atom. The third-order valence-electron chi connectivity index (χ3n) is 5.05. The lowest BCUT2D eigenvalue weighted by molar-refractivity contribution is 0.644. The number of hydrogen-bond donors (Lipinski definition) is 1. The molecule has 0 spiro atoms. The Kier molecular flexibility index (Phi) is 5.34. The first-order valence-electron chi connectivity index (χ1n) is 9.38. The number of fused-ring (bicyclic) bond motifs is 2. The maximum absolute atomic E-state index is 11.6. The second kappa shape index (κ2) is 8.05. The van der Waals surface area contributed by atoms with Crippen LogP contribution in [0.5, 0.6) is 0 Å². The van der Waals surface area contributed by atoms with E-state index < -0.39 is 8.15 Å². The Bertz CT molecular complexity index is 1090. The van der Waals surface area contributed by atoms with E-state index in [1.165, 1.54) is 16.3 Å². The van der Waals surface area contributed by atoms with Crippen LogP contribution in [0, 0.1) is 0 Å². The molecule has 0 radical (unpaired) electrons. The summed E-state index contributed by atoms with van der Waals surface area (Å²) in [6.45, 7) is 3.84. The van der Waals surface area contributed by atoms with Gasteiger partial charge in [0.05, 0.1) is 8.15 Å². The number of aryl methyl sites for hydroxylation is 1. The molecular weight excluding hydrogens is 347 g/mol. The van der Waals surface area contributed by atoms with Crippen molar-refractivity contribution in [3.63, 3.8) is 0 Å². The van der Waals surface area contributed by atoms with Crippen LogP contribution in [0.4, 0.5) is 0 Å². The van der Waals surface area contributed by atoms with Crippen molar-refractivity contribution in [1.82, 2.24) is 0 Å². The maximum atomic E-state index is 11.6. The number of hydrogen-bond acceptors (Lipinski definition) is 1. The normalized spacial score (nSPS) is 12.3. The summed E-state index contributed by atoms with van der Waals surface area (Å²) in [5.41, 5.74) is 1.25. The monoisotopic (exact) mass is 370 g/mol. The molecule has 4 aromatic carbocycles. The number of rotatable bonds is 6. The van der Waals surface area contributed by atoms with Gasteiger partial charge in [0.15, 0.2) is 0 Å². The highest BCUT2D eigenvalue weighted by atomic mass is 31.1. The molecule has 1 atom stereocenters. The average molecular weight is 370 g/mol. The van der Waals surface area contributed by atoms with E-state index in [4.69, 9.17) is 0 Å². The molecule has 0 aliphatic heterocycles. The average Bonchev–Trinajstić information content (AvgIpc) is 2.73. The molecule has 0 saturated heterocycles. The van der Waals surface area contributed by atoms with E-state index in [1.807, 2.05) is 24.3 Å². The Balaban J connectivity index is 1.90. The summed E-state index contributed by atoms with van der Waals surface area (Å²) in [6.07, 6.45) is 4.96. The predicted molar refractivity (Wildman–Crippen MR) is 119 cm³/mol.